The second kappa shape index (κ2) is 7.67. The summed E-state index contributed by atoms with van der Waals surface area (Å²) in [5, 5.41) is 11.9. The summed E-state index contributed by atoms with van der Waals surface area (Å²) in [5.41, 5.74) is 3.96. The van der Waals surface area contributed by atoms with Crippen LogP contribution in [0.25, 0.3) is 0 Å². The third-order valence-corrected chi connectivity index (χ3v) is 9.42. The molecule has 0 saturated heterocycles. The second-order valence-corrected chi connectivity index (χ2v) is 12.7. The number of methoxy groups -OCH3 is 1. The van der Waals surface area contributed by atoms with Crippen molar-refractivity contribution in [1.29, 1.82) is 0 Å². The lowest BCUT2D eigenvalue weighted by Gasteiger charge is -2.36. The Morgan fingerprint density at radius 3 is 2.38 bits per heavy atom. The molecule has 1 aromatic carbocycles. The van der Waals surface area contributed by atoms with Crippen LogP contribution in [0.5, 0.6) is 5.75 Å². The number of carbonyl (C=O) groups is 1. The molecule has 2 rings (SSSR count). The third-order valence-electron chi connectivity index (χ3n) is 5.20. The largest absolute Gasteiger partial charge is 0.497 e. The highest BCUT2D eigenvalue weighted by Crippen LogP contribution is 2.36. The van der Waals surface area contributed by atoms with Gasteiger partial charge in [-0.1, -0.05) is 32.9 Å². The minimum absolute atomic E-state index is 0.0320. The monoisotopic (exact) mass is 379 g/mol. The van der Waals surface area contributed by atoms with Gasteiger partial charge >= 0.3 is 6.09 Å². The molecule has 1 amide bonds. The molecule has 0 fully saturated rings. The van der Waals surface area contributed by atoms with Crippen LogP contribution in [-0.2, 0) is 4.53 Å². The SMILES string of the molecule is COc1ccc([C@@H]2CN=C(NO[Si](C)(C)C(C)(C)C)[C@H]2NC(=O)O)cc1. The van der Waals surface area contributed by atoms with E-state index in [1.54, 1.807) is 7.11 Å². The summed E-state index contributed by atoms with van der Waals surface area (Å²) < 4.78 is 11.2. The summed E-state index contributed by atoms with van der Waals surface area (Å²) in [4.78, 5) is 15.8. The highest BCUT2D eigenvalue weighted by Gasteiger charge is 2.40. The molecule has 3 N–H and O–H groups in total. The van der Waals surface area contributed by atoms with Gasteiger partial charge in [0.15, 0.2) is 0 Å². The molecule has 8 heteroatoms. The van der Waals surface area contributed by atoms with Gasteiger partial charge in [0.1, 0.15) is 17.6 Å². The van der Waals surface area contributed by atoms with Crippen molar-refractivity contribution >= 4 is 20.2 Å². The van der Waals surface area contributed by atoms with E-state index in [4.69, 9.17) is 9.26 Å². The molecule has 1 heterocycles. The van der Waals surface area contributed by atoms with Crippen molar-refractivity contribution in [3.63, 3.8) is 0 Å². The van der Waals surface area contributed by atoms with Crippen LogP contribution in [0.4, 0.5) is 4.79 Å². The predicted molar refractivity (Wildman–Crippen MR) is 104 cm³/mol. The highest BCUT2D eigenvalue weighted by molar-refractivity contribution is 6.74. The molecule has 1 aromatic rings. The van der Waals surface area contributed by atoms with E-state index >= 15 is 0 Å². The Labute approximate surface area is 155 Å². The fourth-order valence-electron chi connectivity index (χ4n) is 2.47. The van der Waals surface area contributed by atoms with Crippen LogP contribution in [0.1, 0.15) is 32.3 Å². The Bertz CT molecular complexity index is 668. The summed E-state index contributed by atoms with van der Waals surface area (Å²) in [7, 11) is -0.426. The summed E-state index contributed by atoms with van der Waals surface area (Å²) in [5.74, 6) is 1.19. The average Bonchev–Trinajstić information content (AvgIpc) is 2.94. The van der Waals surface area contributed by atoms with Gasteiger partial charge in [-0.25, -0.2) is 4.79 Å². The summed E-state index contributed by atoms with van der Waals surface area (Å²) in [6.45, 7) is 11.2. The Balaban J connectivity index is 2.15. The molecule has 0 aliphatic carbocycles. The Hall–Kier alpha value is -2.06. The molecule has 1 aliphatic heterocycles. The van der Waals surface area contributed by atoms with Gasteiger partial charge in [-0.2, -0.15) is 0 Å². The smallest absolute Gasteiger partial charge is 0.405 e. The van der Waals surface area contributed by atoms with Gasteiger partial charge in [-0.3, -0.25) is 10.5 Å². The maximum atomic E-state index is 11.3. The first-order valence-corrected chi connectivity index (χ1v) is 11.6. The van der Waals surface area contributed by atoms with E-state index in [0.29, 0.717) is 12.4 Å². The van der Waals surface area contributed by atoms with Crippen molar-refractivity contribution in [3.8, 4) is 5.75 Å². The fourth-order valence-corrected chi connectivity index (χ4v) is 3.14. The van der Waals surface area contributed by atoms with Crippen molar-refractivity contribution in [3.05, 3.63) is 29.8 Å². The quantitative estimate of drug-likeness (QED) is 0.539. The van der Waals surface area contributed by atoms with Crippen molar-refractivity contribution in [2.24, 2.45) is 4.99 Å². The molecule has 2 atom stereocenters. The first-order chi connectivity index (χ1) is 12.0. The van der Waals surface area contributed by atoms with E-state index in [0.717, 1.165) is 11.3 Å². The number of hydrogen-bond donors (Lipinski definition) is 3. The number of benzene rings is 1. The fraction of sp³-hybridized carbons (Fsp3) is 0.556. The summed E-state index contributed by atoms with van der Waals surface area (Å²) >= 11 is 0. The van der Waals surface area contributed by atoms with E-state index in [2.05, 4.69) is 49.7 Å². The molecule has 1 aliphatic rings. The zero-order valence-electron chi connectivity index (χ0n) is 16.3. The number of rotatable bonds is 5. The number of amidine groups is 1. The molecular weight excluding hydrogens is 350 g/mol. The first kappa shape index (κ1) is 20.3. The zero-order valence-corrected chi connectivity index (χ0v) is 17.3. The van der Waals surface area contributed by atoms with Gasteiger partial charge in [0, 0.05) is 5.92 Å². The predicted octanol–water partition coefficient (Wildman–Crippen LogP) is 3.35. The first-order valence-electron chi connectivity index (χ1n) is 8.67. The van der Waals surface area contributed by atoms with Crippen molar-refractivity contribution in [2.75, 3.05) is 13.7 Å². The van der Waals surface area contributed by atoms with Crippen LogP contribution in [0.2, 0.25) is 18.1 Å². The van der Waals surface area contributed by atoms with E-state index in [1.807, 2.05) is 24.3 Å². The Kier molecular flexibility index (Phi) is 5.97. The van der Waals surface area contributed by atoms with Crippen LogP contribution in [0.15, 0.2) is 29.3 Å². The summed E-state index contributed by atoms with van der Waals surface area (Å²) in [6.07, 6.45) is -1.09. The van der Waals surface area contributed by atoms with E-state index < -0.39 is 20.5 Å². The average molecular weight is 380 g/mol. The molecule has 0 aromatic heterocycles. The van der Waals surface area contributed by atoms with Crippen LogP contribution in [0.3, 0.4) is 0 Å². The standard InChI is InChI=1S/C18H29N3O4Si/c1-18(2,3)26(5,6)25-21-16-15(20-17(22)23)14(11-19-16)12-7-9-13(24-4)10-8-12/h7-10,14-15,20H,11H2,1-6H3,(H,19,21)(H,22,23)/t14-,15-/m0/s1. The molecular formula is C18H29N3O4Si. The number of carboxylic acid groups (broad SMARTS) is 1. The Morgan fingerprint density at radius 2 is 1.88 bits per heavy atom. The number of nitrogens with one attached hydrogen (secondary N) is 2. The summed E-state index contributed by atoms with van der Waals surface area (Å²) in [6, 6.07) is 7.13. The molecule has 144 valence electrons. The topological polar surface area (TPSA) is 92.2 Å². The lowest BCUT2D eigenvalue weighted by molar-refractivity contribution is 0.190. The van der Waals surface area contributed by atoms with Gasteiger partial charge in [0.25, 0.3) is 0 Å². The lowest BCUT2D eigenvalue weighted by atomic mass is 9.93. The number of hydroxylamine groups is 1. The number of nitrogens with zero attached hydrogens (tertiary/aromatic N) is 1. The normalized spacial score (nSPS) is 20.5. The number of amides is 1. The van der Waals surface area contributed by atoms with E-state index in [-0.39, 0.29) is 11.0 Å². The van der Waals surface area contributed by atoms with Crippen molar-refractivity contribution in [1.82, 2.24) is 10.8 Å². The highest BCUT2D eigenvalue weighted by atomic mass is 28.4. The second-order valence-electron chi connectivity index (χ2n) is 8.00. The number of ether oxygens (including phenoxy) is 1. The molecule has 26 heavy (non-hydrogen) atoms. The molecule has 7 nitrogen and oxygen atoms in total. The van der Waals surface area contributed by atoms with Crippen LogP contribution in [-0.4, -0.2) is 45.0 Å². The van der Waals surface area contributed by atoms with Gasteiger partial charge in [0.05, 0.1) is 13.7 Å². The van der Waals surface area contributed by atoms with Crippen molar-refractivity contribution < 1.29 is 19.2 Å². The molecule has 0 unspecified atom stereocenters. The Morgan fingerprint density at radius 1 is 1.27 bits per heavy atom. The maximum absolute atomic E-state index is 11.3. The minimum Gasteiger partial charge on any atom is -0.497 e. The minimum atomic E-state index is -2.04. The van der Waals surface area contributed by atoms with Gasteiger partial charge in [-0.15, -0.1) is 0 Å². The zero-order chi connectivity index (χ0) is 19.5. The maximum Gasteiger partial charge on any atom is 0.405 e. The van der Waals surface area contributed by atoms with Crippen molar-refractivity contribution in [2.45, 2.75) is 50.9 Å². The van der Waals surface area contributed by atoms with Crippen LogP contribution < -0.4 is 15.5 Å². The van der Waals surface area contributed by atoms with Crippen LogP contribution in [0, 0.1) is 0 Å². The number of hydrogen-bond acceptors (Lipinski definition) is 5. The third kappa shape index (κ3) is 4.56. The molecule has 0 spiro atoms. The van der Waals surface area contributed by atoms with Gasteiger partial charge in [-0.05, 0) is 35.8 Å². The van der Waals surface area contributed by atoms with E-state index in [1.165, 1.54) is 0 Å². The molecule has 0 saturated carbocycles. The number of aliphatic imine (C=N–C) groups is 1. The van der Waals surface area contributed by atoms with Gasteiger partial charge < -0.3 is 19.7 Å². The lowest BCUT2D eigenvalue weighted by Crippen LogP contribution is -2.52. The van der Waals surface area contributed by atoms with Gasteiger partial charge in [0.2, 0.25) is 8.32 Å². The van der Waals surface area contributed by atoms with Crippen LogP contribution >= 0.6 is 0 Å². The molecule has 0 radical (unpaired) electrons. The van der Waals surface area contributed by atoms with E-state index in [9.17, 15) is 9.90 Å². The molecule has 0 bridgehead atoms.